The van der Waals surface area contributed by atoms with E-state index in [9.17, 15) is 25.0 Å². The van der Waals surface area contributed by atoms with Crippen molar-refractivity contribution >= 4 is 17.3 Å². The summed E-state index contributed by atoms with van der Waals surface area (Å²) in [5.74, 6) is -0.500. The zero-order chi connectivity index (χ0) is 21.8. The van der Waals surface area contributed by atoms with E-state index in [-0.39, 0.29) is 18.0 Å². The van der Waals surface area contributed by atoms with Crippen LogP contribution in [-0.4, -0.2) is 22.4 Å². The largest absolute Gasteiger partial charge is 0.463 e. The van der Waals surface area contributed by atoms with E-state index >= 15 is 0 Å². The number of nitrogens with one attached hydrogen (secondary N) is 2. The zero-order valence-corrected chi connectivity index (χ0v) is 16.3. The molecule has 0 bridgehead atoms. The first-order chi connectivity index (χ1) is 14.3. The smallest absolute Gasteiger partial charge is 0.337 e. The molecule has 0 amide bonds. The third kappa shape index (κ3) is 4.28. The molecule has 2 N–H and O–H groups in total. The molecule has 1 aliphatic rings. The highest BCUT2D eigenvalue weighted by molar-refractivity contribution is 5.91. The van der Waals surface area contributed by atoms with Gasteiger partial charge in [0.15, 0.2) is 0 Å². The minimum absolute atomic E-state index is 0.0269. The molecular formula is C20H20N4O6. The maximum absolute atomic E-state index is 12.6. The van der Waals surface area contributed by atoms with E-state index in [2.05, 4.69) is 10.6 Å². The summed E-state index contributed by atoms with van der Waals surface area (Å²) in [4.78, 5) is 33.5. The Bertz CT molecular complexity index is 1000. The molecule has 30 heavy (non-hydrogen) atoms. The maximum atomic E-state index is 12.6. The normalized spacial score (nSPS) is 18.5. The second-order valence-electron chi connectivity index (χ2n) is 6.63. The van der Waals surface area contributed by atoms with Gasteiger partial charge in [-0.25, -0.2) is 4.79 Å². The molecule has 1 aliphatic heterocycles. The van der Waals surface area contributed by atoms with Crippen LogP contribution in [0.1, 0.15) is 37.2 Å². The highest BCUT2D eigenvalue weighted by Gasteiger charge is 2.33. The fourth-order valence-corrected chi connectivity index (χ4v) is 3.30. The fourth-order valence-electron chi connectivity index (χ4n) is 3.30. The first kappa shape index (κ1) is 20.9. The highest BCUT2D eigenvalue weighted by Crippen LogP contribution is 2.33. The van der Waals surface area contributed by atoms with E-state index in [0.717, 1.165) is 5.56 Å². The number of ether oxygens (including phenoxy) is 1. The molecule has 0 saturated carbocycles. The molecule has 2 aromatic rings. The molecule has 156 valence electrons. The number of esters is 1. The van der Waals surface area contributed by atoms with Gasteiger partial charge in [0.1, 0.15) is 6.17 Å². The Kier molecular flexibility index (Phi) is 6.07. The predicted molar refractivity (Wildman–Crippen MR) is 107 cm³/mol. The van der Waals surface area contributed by atoms with Crippen LogP contribution in [0.2, 0.25) is 0 Å². The third-order valence-electron chi connectivity index (χ3n) is 4.76. The van der Waals surface area contributed by atoms with Gasteiger partial charge in [-0.1, -0.05) is 12.1 Å². The second-order valence-corrected chi connectivity index (χ2v) is 6.63. The Balaban J connectivity index is 1.99. The van der Waals surface area contributed by atoms with Gasteiger partial charge in [-0.15, -0.1) is 0 Å². The lowest BCUT2D eigenvalue weighted by atomic mass is 9.93. The van der Waals surface area contributed by atoms with Gasteiger partial charge in [-0.2, -0.15) is 0 Å². The molecule has 10 heteroatoms. The average molecular weight is 412 g/mol. The summed E-state index contributed by atoms with van der Waals surface area (Å²) >= 11 is 0. The van der Waals surface area contributed by atoms with Gasteiger partial charge in [0.25, 0.3) is 11.4 Å². The topological polar surface area (TPSA) is 137 Å². The van der Waals surface area contributed by atoms with Gasteiger partial charge >= 0.3 is 5.97 Å². The van der Waals surface area contributed by atoms with Crippen molar-refractivity contribution in [1.29, 1.82) is 0 Å². The number of hydrogen-bond acceptors (Lipinski definition) is 8. The minimum Gasteiger partial charge on any atom is -0.463 e. The van der Waals surface area contributed by atoms with Crippen molar-refractivity contribution in [3.63, 3.8) is 0 Å². The molecule has 0 unspecified atom stereocenters. The molecule has 0 fully saturated rings. The van der Waals surface area contributed by atoms with Crippen molar-refractivity contribution in [3.8, 4) is 0 Å². The number of non-ortho nitro benzene ring substituents is 2. The average Bonchev–Trinajstić information content (AvgIpc) is 2.73. The number of carbonyl (C=O) groups excluding carboxylic acids is 1. The molecule has 1 heterocycles. The molecule has 3 rings (SSSR count). The van der Waals surface area contributed by atoms with Crippen LogP contribution in [0.25, 0.3) is 0 Å². The van der Waals surface area contributed by atoms with E-state index in [1.54, 1.807) is 38.1 Å². The van der Waals surface area contributed by atoms with Crippen LogP contribution >= 0.6 is 0 Å². The summed E-state index contributed by atoms with van der Waals surface area (Å²) < 4.78 is 5.19. The van der Waals surface area contributed by atoms with Gasteiger partial charge in [0.2, 0.25) is 0 Å². The summed E-state index contributed by atoms with van der Waals surface area (Å²) in [6, 6.07) is 11.4. The first-order valence-corrected chi connectivity index (χ1v) is 9.21. The summed E-state index contributed by atoms with van der Waals surface area (Å²) in [5.41, 5.74) is 2.24. The monoisotopic (exact) mass is 412 g/mol. The number of nitrogens with zero attached hydrogens (tertiary/aromatic N) is 2. The number of benzene rings is 2. The number of carbonyl (C=O) groups is 1. The fraction of sp³-hybridized carbons (Fsp3) is 0.250. The van der Waals surface area contributed by atoms with Crippen molar-refractivity contribution in [2.45, 2.75) is 26.1 Å². The first-order valence-electron chi connectivity index (χ1n) is 9.21. The SMILES string of the molecule is CCOC(=O)C1=C(C)N[C@H](c2ccc([N+](=O)[O-])cc2)N[C@H]1c1ccc([N+](=O)[O-])cc1. The van der Waals surface area contributed by atoms with Crippen molar-refractivity contribution in [2.24, 2.45) is 0 Å². The maximum Gasteiger partial charge on any atom is 0.337 e. The van der Waals surface area contributed by atoms with Crippen LogP contribution in [0.15, 0.2) is 59.8 Å². The van der Waals surface area contributed by atoms with Crippen LogP contribution in [0, 0.1) is 20.2 Å². The van der Waals surface area contributed by atoms with E-state index in [1.807, 2.05) is 0 Å². The highest BCUT2D eigenvalue weighted by atomic mass is 16.6. The Morgan fingerprint density at radius 1 is 0.967 bits per heavy atom. The van der Waals surface area contributed by atoms with Crippen molar-refractivity contribution in [1.82, 2.24) is 10.6 Å². The molecule has 2 aromatic carbocycles. The molecule has 0 radical (unpaired) electrons. The van der Waals surface area contributed by atoms with Gasteiger partial charge in [0.05, 0.1) is 28.1 Å². The Labute approximate surface area is 171 Å². The van der Waals surface area contributed by atoms with Gasteiger partial charge in [-0.05, 0) is 37.1 Å². The van der Waals surface area contributed by atoms with Crippen LogP contribution < -0.4 is 10.6 Å². The molecule has 0 aromatic heterocycles. The summed E-state index contributed by atoms with van der Waals surface area (Å²) in [5, 5.41) is 28.3. The Hall–Kier alpha value is -3.79. The van der Waals surface area contributed by atoms with E-state index in [0.29, 0.717) is 16.8 Å². The number of hydrogen-bond donors (Lipinski definition) is 2. The number of nitro groups is 2. The third-order valence-corrected chi connectivity index (χ3v) is 4.76. The van der Waals surface area contributed by atoms with E-state index in [4.69, 9.17) is 4.74 Å². The van der Waals surface area contributed by atoms with Gasteiger partial charge in [-0.3, -0.25) is 25.5 Å². The minimum atomic E-state index is -0.591. The van der Waals surface area contributed by atoms with Crippen LogP contribution in [0.5, 0.6) is 0 Å². The lowest BCUT2D eigenvalue weighted by Crippen LogP contribution is -2.44. The standard InChI is InChI=1S/C20H20N4O6/c1-3-30-20(25)17-12(2)21-19(14-6-10-16(11-7-14)24(28)29)22-18(17)13-4-8-15(9-5-13)23(26)27/h4-11,18-19,21-22H,3H2,1-2H3/t18-,19-/m0/s1. The molecule has 0 aliphatic carbocycles. The molecular weight excluding hydrogens is 392 g/mol. The Morgan fingerprint density at radius 3 is 1.93 bits per heavy atom. The van der Waals surface area contributed by atoms with Crippen molar-refractivity contribution in [2.75, 3.05) is 6.61 Å². The molecule has 2 atom stereocenters. The lowest BCUT2D eigenvalue weighted by Gasteiger charge is -2.35. The zero-order valence-electron chi connectivity index (χ0n) is 16.3. The van der Waals surface area contributed by atoms with Crippen molar-refractivity contribution < 1.29 is 19.4 Å². The van der Waals surface area contributed by atoms with Crippen LogP contribution in [-0.2, 0) is 9.53 Å². The van der Waals surface area contributed by atoms with Gasteiger partial charge in [0, 0.05) is 30.0 Å². The summed E-state index contributed by atoms with van der Waals surface area (Å²) in [6.45, 7) is 3.65. The summed E-state index contributed by atoms with van der Waals surface area (Å²) in [6.07, 6.45) is -0.441. The quantitative estimate of drug-likeness (QED) is 0.419. The van der Waals surface area contributed by atoms with Crippen LogP contribution in [0.3, 0.4) is 0 Å². The van der Waals surface area contributed by atoms with Gasteiger partial charge < -0.3 is 10.1 Å². The number of allylic oxidation sites excluding steroid dienone is 1. The number of nitro benzene ring substituents is 2. The summed E-state index contributed by atoms with van der Waals surface area (Å²) in [7, 11) is 0. The van der Waals surface area contributed by atoms with Crippen LogP contribution in [0.4, 0.5) is 11.4 Å². The molecule has 0 saturated heterocycles. The molecule has 10 nitrogen and oxygen atoms in total. The van der Waals surface area contributed by atoms with Crippen molar-refractivity contribution in [3.05, 3.63) is 91.2 Å². The lowest BCUT2D eigenvalue weighted by molar-refractivity contribution is -0.385. The molecule has 0 spiro atoms. The Morgan fingerprint density at radius 2 is 1.47 bits per heavy atom. The van der Waals surface area contributed by atoms with E-state index < -0.39 is 28.0 Å². The van der Waals surface area contributed by atoms with E-state index in [1.165, 1.54) is 24.3 Å². The number of rotatable bonds is 6. The second kappa shape index (κ2) is 8.70. The predicted octanol–water partition coefficient (Wildman–Crippen LogP) is 3.27.